The average Bonchev–Trinajstić information content (AvgIpc) is 2.84. The fourth-order valence-electron chi connectivity index (χ4n) is 4.50. The summed E-state index contributed by atoms with van der Waals surface area (Å²) in [7, 11) is 0. The largest absolute Gasteiger partial charge is 0.399 e. The lowest BCUT2D eigenvalue weighted by Gasteiger charge is -2.05. The quantitative estimate of drug-likeness (QED) is 0.132. The number of rotatable bonds is 19. The molecule has 2 N–H and O–H groups in total. The Bertz CT molecular complexity index is 747. The van der Waals surface area contributed by atoms with Gasteiger partial charge in [-0.2, -0.15) is 0 Å². The number of benzene rings is 2. The summed E-state index contributed by atoms with van der Waals surface area (Å²) in [5.74, 6) is 0.0592. The van der Waals surface area contributed by atoms with Crippen LogP contribution >= 0.6 is 0 Å². The van der Waals surface area contributed by atoms with Gasteiger partial charge in [0, 0.05) is 16.8 Å². The van der Waals surface area contributed by atoms with Gasteiger partial charge in [0.2, 0.25) is 0 Å². The van der Waals surface area contributed by atoms with Gasteiger partial charge < -0.3 is 5.73 Å². The van der Waals surface area contributed by atoms with Crippen molar-refractivity contribution in [2.45, 2.75) is 116 Å². The fraction of sp³-hybridized carbons (Fsp3) is 0.581. The zero-order valence-corrected chi connectivity index (χ0v) is 21.1. The van der Waals surface area contributed by atoms with E-state index in [1.807, 2.05) is 12.1 Å². The number of aryl methyl sites for hydroxylation is 1. The highest BCUT2D eigenvalue weighted by Crippen LogP contribution is 2.16. The molecule has 0 amide bonds. The summed E-state index contributed by atoms with van der Waals surface area (Å²) in [6.45, 7) is 2.29. The van der Waals surface area contributed by atoms with Gasteiger partial charge >= 0.3 is 0 Å². The third-order valence-electron chi connectivity index (χ3n) is 6.71. The van der Waals surface area contributed by atoms with E-state index in [2.05, 4.69) is 19.1 Å². The van der Waals surface area contributed by atoms with E-state index in [1.165, 1.54) is 108 Å². The Morgan fingerprint density at radius 2 is 0.909 bits per heavy atom. The molecule has 2 nitrogen and oxygen atoms in total. The summed E-state index contributed by atoms with van der Waals surface area (Å²) in [6.07, 6.45) is 23.5. The molecule has 2 rings (SSSR count). The van der Waals surface area contributed by atoms with Crippen molar-refractivity contribution in [3.8, 4) is 0 Å². The predicted octanol–water partition coefficient (Wildman–Crippen LogP) is 9.30. The van der Waals surface area contributed by atoms with Crippen molar-refractivity contribution in [1.82, 2.24) is 0 Å². The van der Waals surface area contributed by atoms with Crippen LogP contribution in [0.3, 0.4) is 0 Å². The zero-order valence-electron chi connectivity index (χ0n) is 21.1. The van der Waals surface area contributed by atoms with Gasteiger partial charge in [0.15, 0.2) is 5.78 Å². The van der Waals surface area contributed by atoms with Crippen molar-refractivity contribution >= 4 is 11.5 Å². The molecule has 2 heteroatoms. The minimum atomic E-state index is 0.0592. The molecule has 0 aromatic heterocycles. The summed E-state index contributed by atoms with van der Waals surface area (Å²) >= 11 is 0. The minimum absolute atomic E-state index is 0.0592. The summed E-state index contributed by atoms with van der Waals surface area (Å²) in [6, 6.07) is 15.3. The smallest absolute Gasteiger partial charge is 0.193 e. The SMILES string of the molecule is CCCCCCCCCCCCCCCCCCc1ccc(C(=O)c2ccc(N)cc2)cc1. The van der Waals surface area contributed by atoms with Crippen LogP contribution < -0.4 is 5.73 Å². The highest BCUT2D eigenvalue weighted by Gasteiger charge is 2.08. The van der Waals surface area contributed by atoms with Crippen molar-refractivity contribution < 1.29 is 4.79 Å². The van der Waals surface area contributed by atoms with E-state index in [1.54, 1.807) is 24.3 Å². The Balaban J connectivity index is 1.43. The summed E-state index contributed by atoms with van der Waals surface area (Å²) in [5, 5.41) is 0. The molecule has 0 bridgehead atoms. The standard InChI is InChI=1S/C31H47NO/c1-2-3-4-5-6-7-8-9-10-11-12-13-14-15-16-17-18-27-19-21-28(22-20-27)31(33)29-23-25-30(32)26-24-29/h19-26H,2-18,32H2,1H3. The Hall–Kier alpha value is -2.09. The molecule has 0 aliphatic carbocycles. The third kappa shape index (κ3) is 12.1. The highest BCUT2D eigenvalue weighted by atomic mass is 16.1. The third-order valence-corrected chi connectivity index (χ3v) is 6.71. The molecule has 0 atom stereocenters. The fourth-order valence-corrected chi connectivity index (χ4v) is 4.50. The number of hydrogen-bond acceptors (Lipinski definition) is 2. The van der Waals surface area contributed by atoms with Crippen molar-refractivity contribution in [2.24, 2.45) is 0 Å². The van der Waals surface area contributed by atoms with E-state index >= 15 is 0 Å². The Morgan fingerprint density at radius 3 is 1.33 bits per heavy atom. The topological polar surface area (TPSA) is 43.1 Å². The molecule has 0 saturated heterocycles. The summed E-state index contributed by atoms with van der Waals surface area (Å²) in [4.78, 5) is 12.5. The molecule has 182 valence electrons. The Morgan fingerprint density at radius 1 is 0.545 bits per heavy atom. The molecule has 0 fully saturated rings. The first-order chi connectivity index (χ1) is 16.2. The second-order valence-corrected chi connectivity index (χ2v) is 9.70. The van der Waals surface area contributed by atoms with Crippen LogP contribution in [0.2, 0.25) is 0 Å². The van der Waals surface area contributed by atoms with E-state index in [0.29, 0.717) is 11.3 Å². The monoisotopic (exact) mass is 449 g/mol. The Labute approximate surface area is 203 Å². The number of nitrogen functional groups attached to an aromatic ring is 1. The predicted molar refractivity (Wildman–Crippen MR) is 144 cm³/mol. The van der Waals surface area contributed by atoms with Crippen molar-refractivity contribution in [2.75, 3.05) is 5.73 Å². The van der Waals surface area contributed by atoms with Gasteiger partial charge in [-0.25, -0.2) is 0 Å². The van der Waals surface area contributed by atoms with Crippen LogP contribution in [0.4, 0.5) is 5.69 Å². The molecule has 33 heavy (non-hydrogen) atoms. The van der Waals surface area contributed by atoms with Crippen molar-refractivity contribution in [1.29, 1.82) is 0 Å². The van der Waals surface area contributed by atoms with Gasteiger partial charge in [0.1, 0.15) is 0 Å². The molecule has 0 aliphatic rings. The van der Waals surface area contributed by atoms with Gasteiger partial charge in [-0.3, -0.25) is 4.79 Å². The average molecular weight is 450 g/mol. The first-order valence-corrected chi connectivity index (χ1v) is 13.7. The normalized spacial score (nSPS) is 11.1. The molecule has 0 aliphatic heterocycles. The van der Waals surface area contributed by atoms with Crippen molar-refractivity contribution in [3.63, 3.8) is 0 Å². The molecule has 2 aromatic rings. The lowest BCUT2D eigenvalue weighted by Crippen LogP contribution is -2.01. The number of nitrogens with two attached hydrogens (primary N) is 1. The highest BCUT2D eigenvalue weighted by molar-refractivity contribution is 6.09. The van der Waals surface area contributed by atoms with Gasteiger partial charge in [-0.1, -0.05) is 128 Å². The molecule has 2 aromatic carbocycles. The van der Waals surface area contributed by atoms with Crippen molar-refractivity contribution in [3.05, 3.63) is 65.2 Å². The number of unbranched alkanes of at least 4 members (excludes halogenated alkanes) is 15. The van der Waals surface area contributed by atoms with Crippen LogP contribution in [0.15, 0.2) is 48.5 Å². The molecular formula is C31H47NO. The number of anilines is 1. The molecular weight excluding hydrogens is 402 g/mol. The van der Waals surface area contributed by atoms with Crippen LogP contribution in [-0.2, 0) is 6.42 Å². The second-order valence-electron chi connectivity index (χ2n) is 9.70. The minimum Gasteiger partial charge on any atom is -0.399 e. The summed E-state index contributed by atoms with van der Waals surface area (Å²) < 4.78 is 0. The van der Waals surface area contributed by atoms with Crippen LogP contribution in [0.25, 0.3) is 0 Å². The van der Waals surface area contributed by atoms with Crippen LogP contribution in [0, 0.1) is 0 Å². The second kappa shape index (κ2) is 17.4. The molecule has 0 unspecified atom stereocenters. The molecule has 0 saturated carbocycles. The lowest BCUT2D eigenvalue weighted by atomic mass is 9.99. The lowest BCUT2D eigenvalue weighted by molar-refractivity contribution is 0.103. The van der Waals surface area contributed by atoms with E-state index in [4.69, 9.17) is 5.73 Å². The number of carbonyl (C=O) groups excluding carboxylic acids is 1. The first-order valence-electron chi connectivity index (χ1n) is 13.7. The zero-order chi connectivity index (χ0) is 23.6. The molecule has 0 heterocycles. The summed E-state index contributed by atoms with van der Waals surface area (Å²) in [5.41, 5.74) is 9.15. The van der Waals surface area contributed by atoms with Gasteiger partial charge in [0.25, 0.3) is 0 Å². The first kappa shape index (κ1) is 27.2. The molecule has 0 radical (unpaired) electrons. The van der Waals surface area contributed by atoms with E-state index < -0.39 is 0 Å². The number of ketones is 1. The maximum atomic E-state index is 12.5. The van der Waals surface area contributed by atoms with Crippen LogP contribution in [-0.4, -0.2) is 5.78 Å². The number of carbonyl (C=O) groups is 1. The van der Waals surface area contributed by atoms with Gasteiger partial charge in [0.05, 0.1) is 0 Å². The van der Waals surface area contributed by atoms with E-state index in [9.17, 15) is 4.79 Å². The van der Waals surface area contributed by atoms with Gasteiger partial charge in [-0.15, -0.1) is 0 Å². The van der Waals surface area contributed by atoms with Crippen LogP contribution in [0.1, 0.15) is 131 Å². The van der Waals surface area contributed by atoms with E-state index in [-0.39, 0.29) is 5.78 Å². The maximum Gasteiger partial charge on any atom is 0.193 e. The van der Waals surface area contributed by atoms with Gasteiger partial charge in [-0.05, 0) is 42.7 Å². The Kier molecular flexibility index (Phi) is 14.3. The molecule has 0 spiro atoms. The van der Waals surface area contributed by atoms with Crippen LogP contribution in [0.5, 0.6) is 0 Å². The number of hydrogen-bond donors (Lipinski definition) is 1. The van der Waals surface area contributed by atoms with E-state index in [0.717, 1.165) is 12.0 Å². The maximum absolute atomic E-state index is 12.5.